The van der Waals surface area contributed by atoms with Crippen molar-refractivity contribution in [2.24, 2.45) is 11.3 Å². The molecule has 1 aliphatic rings. The van der Waals surface area contributed by atoms with Gasteiger partial charge >= 0.3 is 5.97 Å². The van der Waals surface area contributed by atoms with Gasteiger partial charge in [0.25, 0.3) is 5.91 Å². The molecule has 5 heteroatoms. The second-order valence-electron chi connectivity index (χ2n) is 10.8. The van der Waals surface area contributed by atoms with Gasteiger partial charge in [0.1, 0.15) is 0 Å². The lowest BCUT2D eigenvalue weighted by Crippen LogP contribution is -2.36. The zero-order valence-electron chi connectivity index (χ0n) is 21.3. The number of carbonyl (C=O) groups excluding carboxylic acids is 2. The number of hydrogen-bond donors (Lipinski definition) is 1. The van der Waals surface area contributed by atoms with Gasteiger partial charge in [0.15, 0.2) is 6.61 Å². The van der Waals surface area contributed by atoms with Gasteiger partial charge in [-0.05, 0) is 67.6 Å². The van der Waals surface area contributed by atoms with Gasteiger partial charge in [-0.3, -0.25) is 9.78 Å². The molecule has 0 saturated heterocycles. The van der Waals surface area contributed by atoms with Crippen molar-refractivity contribution >= 4 is 22.8 Å². The van der Waals surface area contributed by atoms with Crippen LogP contribution in [0.4, 0.5) is 0 Å². The molecule has 3 aromatic rings. The lowest BCUT2D eigenvalue weighted by molar-refractivity contribution is -0.124. The smallest absolute Gasteiger partial charge is 0.339 e. The molecule has 1 amide bonds. The van der Waals surface area contributed by atoms with E-state index in [1.165, 1.54) is 5.56 Å². The predicted molar refractivity (Wildman–Crippen MR) is 139 cm³/mol. The Morgan fingerprint density at radius 2 is 1.80 bits per heavy atom. The van der Waals surface area contributed by atoms with Crippen molar-refractivity contribution < 1.29 is 14.3 Å². The average molecular weight is 473 g/mol. The number of esters is 1. The highest BCUT2D eigenvalue weighted by Gasteiger charge is 2.33. The molecule has 35 heavy (non-hydrogen) atoms. The average Bonchev–Trinajstić information content (AvgIpc) is 2.84. The number of hydrogen-bond acceptors (Lipinski definition) is 4. The number of fused-ring (bicyclic) bond motifs is 2. The Labute approximate surface area is 208 Å². The number of nitrogens with one attached hydrogen (secondary N) is 1. The molecule has 2 aromatic carbocycles. The van der Waals surface area contributed by atoms with Crippen molar-refractivity contribution in [2.45, 2.75) is 65.8 Å². The van der Waals surface area contributed by atoms with E-state index in [-0.39, 0.29) is 24.0 Å². The van der Waals surface area contributed by atoms with E-state index in [9.17, 15) is 9.59 Å². The lowest BCUT2D eigenvalue weighted by Gasteiger charge is -2.35. The van der Waals surface area contributed by atoms with Crippen LogP contribution in [0.1, 0.15) is 67.7 Å². The first-order valence-electron chi connectivity index (χ1n) is 12.6. The molecule has 0 bridgehead atoms. The van der Waals surface area contributed by atoms with Gasteiger partial charge < -0.3 is 10.1 Å². The molecule has 0 radical (unpaired) electrons. The topological polar surface area (TPSA) is 68.3 Å². The van der Waals surface area contributed by atoms with Crippen LogP contribution in [0.3, 0.4) is 0 Å². The Balaban J connectivity index is 1.45. The number of ether oxygens (including phenoxy) is 1. The first-order chi connectivity index (χ1) is 16.7. The molecule has 0 spiro atoms. The monoisotopic (exact) mass is 472 g/mol. The Morgan fingerprint density at radius 1 is 1.09 bits per heavy atom. The molecule has 4 rings (SSSR count). The van der Waals surface area contributed by atoms with Crippen LogP contribution < -0.4 is 5.32 Å². The summed E-state index contributed by atoms with van der Waals surface area (Å²) in [4.78, 5) is 30.8. The van der Waals surface area contributed by atoms with Gasteiger partial charge in [0, 0.05) is 17.1 Å². The number of benzene rings is 2. The maximum absolute atomic E-state index is 13.4. The van der Waals surface area contributed by atoms with Crippen LogP contribution in [-0.4, -0.2) is 29.5 Å². The van der Waals surface area contributed by atoms with Gasteiger partial charge in [0.05, 0.1) is 11.1 Å². The minimum atomic E-state index is -0.443. The number of aryl methyl sites for hydroxylation is 2. The lowest BCUT2D eigenvalue weighted by atomic mass is 9.70. The Kier molecular flexibility index (Phi) is 7.54. The zero-order chi connectivity index (χ0) is 25.0. The summed E-state index contributed by atoms with van der Waals surface area (Å²) in [5.41, 5.74) is 4.71. The summed E-state index contributed by atoms with van der Waals surface area (Å²) in [5.74, 6) is -0.265. The number of para-hydroxylation sites is 1. The van der Waals surface area contributed by atoms with Crippen molar-refractivity contribution in [2.75, 3.05) is 6.61 Å². The molecule has 1 aromatic heterocycles. The normalized spacial score (nSPS) is 16.4. The number of amides is 1. The molecule has 1 aliphatic carbocycles. The fourth-order valence-corrected chi connectivity index (χ4v) is 4.98. The third-order valence-corrected chi connectivity index (χ3v) is 7.14. The molecule has 2 atom stereocenters. The Bertz CT molecular complexity index is 1200. The Hall–Kier alpha value is -3.21. The number of pyridine rings is 1. The molecule has 1 N–H and O–H groups in total. The standard InChI is InChI=1S/C30H36N2O3/c1-20(14-15-21-10-6-5-7-11-21)31-27(33)19-35-29(34)28-23-12-8-9-13-25(23)32-26-17-16-22(18-24(26)28)30(2,3)4/h5-13,20,22H,14-19H2,1-4H3,(H,31,33). The van der Waals surface area contributed by atoms with Crippen molar-refractivity contribution in [1.82, 2.24) is 10.3 Å². The molecule has 5 nitrogen and oxygen atoms in total. The summed E-state index contributed by atoms with van der Waals surface area (Å²) in [6.07, 6.45) is 4.40. The van der Waals surface area contributed by atoms with E-state index in [0.717, 1.165) is 54.3 Å². The molecular weight excluding hydrogens is 436 g/mol. The third kappa shape index (κ3) is 6.08. The maximum atomic E-state index is 13.4. The first-order valence-corrected chi connectivity index (χ1v) is 12.6. The molecule has 0 fully saturated rings. The summed E-state index contributed by atoms with van der Waals surface area (Å²) < 4.78 is 5.57. The van der Waals surface area contributed by atoms with Crippen molar-refractivity contribution in [3.05, 3.63) is 77.0 Å². The number of aromatic nitrogens is 1. The second-order valence-corrected chi connectivity index (χ2v) is 10.8. The zero-order valence-corrected chi connectivity index (χ0v) is 21.3. The van der Waals surface area contributed by atoms with Crippen LogP contribution >= 0.6 is 0 Å². The number of nitrogens with zero attached hydrogens (tertiary/aromatic N) is 1. The van der Waals surface area contributed by atoms with E-state index in [2.05, 4.69) is 38.2 Å². The molecule has 0 saturated carbocycles. The van der Waals surface area contributed by atoms with Crippen LogP contribution in [0.5, 0.6) is 0 Å². The van der Waals surface area contributed by atoms with E-state index in [1.54, 1.807) is 0 Å². The third-order valence-electron chi connectivity index (χ3n) is 7.14. The predicted octanol–water partition coefficient (Wildman–Crippen LogP) is 5.68. The van der Waals surface area contributed by atoms with E-state index in [0.29, 0.717) is 11.5 Å². The summed E-state index contributed by atoms with van der Waals surface area (Å²) in [5, 5.41) is 3.75. The second kappa shape index (κ2) is 10.6. The summed E-state index contributed by atoms with van der Waals surface area (Å²) >= 11 is 0. The highest BCUT2D eigenvalue weighted by atomic mass is 16.5. The van der Waals surface area contributed by atoms with Crippen LogP contribution in [0.2, 0.25) is 0 Å². The van der Waals surface area contributed by atoms with Crippen LogP contribution in [-0.2, 0) is 28.8 Å². The SMILES string of the molecule is CC(CCc1ccccc1)NC(=O)COC(=O)c1c2c(nc3ccccc13)CCC(C(C)(C)C)C2. The van der Waals surface area contributed by atoms with Gasteiger partial charge in [-0.2, -0.15) is 0 Å². The molecule has 0 aliphatic heterocycles. The maximum Gasteiger partial charge on any atom is 0.339 e. The minimum Gasteiger partial charge on any atom is -0.452 e. The number of carbonyl (C=O) groups is 2. The largest absolute Gasteiger partial charge is 0.452 e. The van der Waals surface area contributed by atoms with Crippen molar-refractivity contribution in [3.8, 4) is 0 Å². The minimum absolute atomic E-state index is 0.0107. The van der Waals surface area contributed by atoms with Crippen LogP contribution in [0.15, 0.2) is 54.6 Å². The molecule has 184 valence electrons. The van der Waals surface area contributed by atoms with Gasteiger partial charge in [-0.25, -0.2) is 4.79 Å². The summed E-state index contributed by atoms with van der Waals surface area (Å²) in [6, 6.07) is 17.9. The number of rotatable bonds is 7. The van der Waals surface area contributed by atoms with Crippen molar-refractivity contribution in [1.29, 1.82) is 0 Å². The van der Waals surface area contributed by atoms with E-state index >= 15 is 0 Å². The summed E-state index contributed by atoms with van der Waals surface area (Å²) in [6.45, 7) is 8.43. The first kappa shape index (κ1) is 24.9. The quantitative estimate of drug-likeness (QED) is 0.449. The van der Waals surface area contributed by atoms with Crippen LogP contribution in [0, 0.1) is 11.3 Å². The van der Waals surface area contributed by atoms with E-state index < -0.39 is 5.97 Å². The highest BCUT2D eigenvalue weighted by Crippen LogP contribution is 2.39. The Morgan fingerprint density at radius 3 is 2.54 bits per heavy atom. The fraction of sp³-hybridized carbons (Fsp3) is 0.433. The van der Waals surface area contributed by atoms with Gasteiger partial charge in [-0.1, -0.05) is 69.3 Å². The van der Waals surface area contributed by atoms with Crippen LogP contribution in [0.25, 0.3) is 10.9 Å². The molecule has 1 heterocycles. The highest BCUT2D eigenvalue weighted by molar-refractivity contribution is 6.05. The molecule has 2 unspecified atom stereocenters. The van der Waals surface area contributed by atoms with Gasteiger partial charge in [0.2, 0.25) is 0 Å². The molecular formula is C30H36N2O3. The van der Waals surface area contributed by atoms with E-state index in [1.807, 2.05) is 49.4 Å². The van der Waals surface area contributed by atoms with Gasteiger partial charge in [-0.15, -0.1) is 0 Å². The summed E-state index contributed by atoms with van der Waals surface area (Å²) in [7, 11) is 0. The van der Waals surface area contributed by atoms with Crippen molar-refractivity contribution in [3.63, 3.8) is 0 Å². The fourth-order valence-electron chi connectivity index (χ4n) is 4.98. The van der Waals surface area contributed by atoms with E-state index in [4.69, 9.17) is 9.72 Å².